The maximum Gasteiger partial charge on any atom is 0.330 e. The van der Waals surface area contributed by atoms with E-state index in [1.807, 2.05) is 13.8 Å². The van der Waals surface area contributed by atoms with Crippen LogP contribution in [-0.2, 0) is 14.3 Å². The van der Waals surface area contributed by atoms with E-state index in [4.69, 9.17) is 0 Å². The van der Waals surface area contributed by atoms with Crippen molar-refractivity contribution < 1.29 is 14.3 Å². The van der Waals surface area contributed by atoms with Crippen LogP contribution in [0.3, 0.4) is 0 Å². The van der Waals surface area contributed by atoms with Crippen LogP contribution in [0.4, 0.5) is 0 Å². The van der Waals surface area contributed by atoms with E-state index in [-0.39, 0.29) is 18.4 Å². The number of likely N-dealkylation sites (N-methyl/N-ethyl adjacent to an activating group) is 1. The molecule has 0 aliphatic rings. The summed E-state index contributed by atoms with van der Waals surface area (Å²) < 4.78 is 4.24. The van der Waals surface area contributed by atoms with Gasteiger partial charge in [0, 0.05) is 0 Å². The zero-order valence-corrected chi connectivity index (χ0v) is 7.66. The van der Waals surface area contributed by atoms with Crippen molar-refractivity contribution in [2.75, 3.05) is 7.05 Å². The maximum atomic E-state index is 11.1. The molecule has 12 heavy (non-hydrogen) atoms. The minimum absolute atomic E-state index is 0.162. The Morgan fingerprint density at radius 3 is 2.58 bits per heavy atom. The Morgan fingerprint density at radius 1 is 1.67 bits per heavy atom. The third kappa shape index (κ3) is 3.00. The van der Waals surface area contributed by atoms with Crippen LogP contribution in [0.25, 0.3) is 0 Å². The van der Waals surface area contributed by atoms with E-state index < -0.39 is 5.97 Å². The summed E-state index contributed by atoms with van der Waals surface area (Å²) in [5.41, 5.74) is 0. The van der Waals surface area contributed by atoms with Gasteiger partial charge in [0.05, 0.1) is 0 Å². The van der Waals surface area contributed by atoms with Gasteiger partial charge in [-0.05, 0) is 13.0 Å². The highest BCUT2D eigenvalue weighted by Crippen LogP contribution is 2.08. The van der Waals surface area contributed by atoms with Gasteiger partial charge in [-0.1, -0.05) is 20.3 Å². The summed E-state index contributed by atoms with van der Waals surface area (Å²) >= 11 is 0. The number of esters is 1. The van der Waals surface area contributed by atoms with Crippen molar-refractivity contribution in [2.45, 2.75) is 26.3 Å². The second kappa shape index (κ2) is 5.71. The van der Waals surface area contributed by atoms with Crippen LogP contribution in [-0.4, -0.2) is 25.5 Å². The summed E-state index contributed by atoms with van der Waals surface area (Å²) in [7, 11) is 1.67. The first-order chi connectivity index (χ1) is 5.67. The van der Waals surface area contributed by atoms with E-state index in [9.17, 15) is 9.59 Å². The predicted molar refractivity (Wildman–Crippen MR) is 44.5 cm³/mol. The molecule has 4 heteroatoms. The minimum atomic E-state index is -0.512. The Kier molecular flexibility index (Phi) is 5.28. The molecule has 0 aromatic rings. The molecule has 0 aromatic carbocycles. The van der Waals surface area contributed by atoms with Crippen LogP contribution in [0.1, 0.15) is 20.3 Å². The Balaban J connectivity index is 4.12. The molecule has 4 nitrogen and oxygen atoms in total. The van der Waals surface area contributed by atoms with Gasteiger partial charge in [-0.3, -0.25) is 4.79 Å². The van der Waals surface area contributed by atoms with Gasteiger partial charge >= 0.3 is 12.4 Å². The molecule has 2 unspecified atom stereocenters. The second-order valence-corrected chi connectivity index (χ2v) is 2.68. The average Bonchev–Trinajstić information content (AvgIpc) is 2.06. The third-order valence-electron chi connectivity index (χ3n) is 1.94. The lowest BCUT2D eigenvalue weighted by atomic mass is 10.00. The topological polar surface area (TPSA) is 55.4 Å². The molecule has 0 saturated heterocycles. The van der Waals surface area contributed by atoms with E-state index in [1.165, 1.54) is 0 Å². The van der Waals surface area contributed by atoms with Crippen LogP contribution in [0.2, 0.25) is 0 Å². The fourth-order valence-corrected chi connectivity index (χ4v) is 0.991. The molecule has 0 amide bonds. The first-order valence-electron chi connectivity index (χ1n) is 3.98. The molecule has 0 aliphatic heterocycles. The van der Waals surface area contributed by atoms with Gasteiger partial charge in [0.1, 0.15) is 6.04 Å². The number of carbonyl (C=O) groups is 2. The fourth-order valence-electron chi connectivity index (χ4n) is 0.991. The monoisotopic (exact) mass is 173 g/mol. The highest BCUT2D eigenvalue weighted by Gasteiger charge is 2.23. The van der Waals surface area contributed by atoms with Gasteiger partial charge in [-0.25, -0.2) is 4.79 Å². The Hall–Kier alpha value is -0.900. The molecule has 0 bridgehead atoms. The minimum Gasteiger partial charge on any atom is -0.394 e. The molecule has 0 aliphatic carbocycles. The normalized spacial score (nSPS) is 14.9. The zero-order chi connectivity index (χ0) is 9.56. The van der Waals surface area contributed by atoms with Crippen LogP contribution >= 0.6 is 0 Å². The molecule has 0 spiro atoms. The Labute approximate surface area is 72.3 Å². The lowest BCUT2D eigenvalue weighted by molar-refractivity contribution is -0.154. The summed E-state index contributed by atoms with van der Waals surface area (Å²) in [5, 5.41) is 2.80. The zero-order valence-electron chi connectivity index (χ0n) is 7.66. The third-order valence-corrected chi connectivity index (χ3v) is 1.94. The average molecular weight is 173 g/mol. The van der Waals surface area contributed by atoms with E-state index in [0.717, 1.165) is 6.42 Å². The summed E-state index contributed by atoms with van der Waals surface area (Å²) in [6.07, 6.45) is 0.861. The summed E-state index contributed by atoms with van der Waals surface area (Å²) in [4.78, 5) is 20.9. The van der Waals surface area contributed by atoms with Crippen LogP contribution in [0.15, 0.2) is 0 Å². The van der Waals surface area contributed by atoms with Gasteiger partial charge in [0.2, 0.25) is 0 Å². The molecule has 70 valence electrons. The first-order valence-corrected chi connectivity index (χ1v) is 3.98. The second-order valence-electron chi connectivity index (χ2n) is 2.68. The quantitative estimate of drug-likeness (QED) is 0.369. The molecule has 0 heterocycles. The molecule has 0 aromatic heterocycles. The van der Waals surface area contributed by atoms with E-state index >= 15 is 0 Å². The van der Waals surface area contributed by atoms with Crippen molar-refractivity contribution in [1.82, 2.24) is 5.32 Å². The lowest BCUT2D eigenvalue weighted by Crippen LogP contribution is -2.40. The summed E-state index contributed by atoms with van der Waals surface area (Å²) in [6.45, 7) is 4.06. The maximum absolute atomic E-state index is 11.1. The highest BCUT2D eigenvalue weighted by molar-refractivity contribution is 5.81. The molecule has 0 saturated carbocycles. The van der Waals surface area contributed by atoms with Crippen molar-refractivity contribution in [2.24, 2.45) is 5.92 Å². The Bertz CT molecular complexity index is 158. The molecule has 2 atom stereocenters. The largest absolute Gasteiger partial charge is 0.394 e. The van der Waals surface area contributed by atoms with Gasteiger partial charge in [0.25, 0.3) is 0 Å². The van der Waals surface area contributed by atoms with Crippen molar-refractivity contribution >= 4 is 12.4 Å². The number of hydrogen-bond acceptors (Lipinski definition) is 4. The van der Waals surface area contributed by atoms with E-state index in [0.29, 0.717) is 0 Å². The number of carbonyl (C=O) groups excluding carboxylic acids is 2. The van der Waals surface area contributed by atoms with Crippen LogP contribution in [0, 0.1) is 5.92 Å². The van der Waals surface area contributed by atoms with Crippen LogP contribution in [0.5, 0.6) is 0 Å². The molecule has 0 rings (SSSR count). The molecular formula is C8H15NO3. The Morgan fingerprint density at radius 2 is 2.25 bits per heavy atom. The molecule has 0 radical (unpaired) electrons. The predicted octanol–water partition coefficient (Wildman–Crippen LogP) is 0.320. The highest BCUT2D eigenvalue weighted by atomic mass is 16.6. The fraction of sp³-hybridized carbons (Fsp3) is 0.750. The molecular weight excluding hydrogens is 158 g/mol. The summed E-state index contributed by atoms with van der Waals surface area (Å²) in [6, 6.07) is -0.389. The standard InChI is InChI=1S/C8H15NO3/c1-4-6(2)7(9-3)8(11)12-5-10/h5-7,9H,4H2,1-3H3. The van der Waals surface area contributed by atoms with Gasteiger partial charge in [-0.2, -0.15) is 0 Å². The first kappa shape index (κ1) is 11.1. The summed E-state index contributed by atoms with van der Waals surface area (Å²) in [5.74, 6) is -0.343. The van der Waals surface area contributed by atoms with Gasteiger partial charge < -0.3 is 10.1 Å². The molecule has 1 N–H and O–H groups in total. The van der Waals surface area contributed by atoms with Crippen molar-refractivity contribution in [3.05, 3.63) is 0 Å². The van der Waals surface area contributed by atoms with E-state index in [1.54, 1.807) is 7.05 Å². The van der Waals surface area contributed by atoms with Gasteiger partial charge in [0.15, 0.2) is 0 Å². The van der Waals surface area contributed by atoms with Crippen molar-refractivity contribution in [3.8, 4) is 0 Å². The number of ether oxygens (including phenoxy) is 1. The van der Waals surface area contributed by atoms with E-state index in [2.05, 4.69) is 10.1 Å². The van der Waals surface area contributed by atoms with Crippen molar-refractivity contribution in [1.29, 1.82) is 0 Å². The SMILES string of the molecule is CCC(C)C(NC)C(=O)OC=O. The number of rotatable bonds is 5. The lowest BCUT2D eigenvalue weighted by Gasteiger charge is -2.18. The van der Waals surface area contributed by atoms with Crippen molar-refractivity contribution in [3.63, 3.8) is 0 Å². The smallest absolute Gasteiger partial charge is 0.330 e. The number of nitrogens with one attached hydrogen (secondary N) is 1. The van der Waals surface area contributed by atoms with Gasteiger partial charge in [-0.15, -0.1) is 0 Å². The number of hydrogen-bond donors (Lipinski definition) is 1. The van der Waals surface area contributed by atoms with Crippen LogP contribution < -0.4 is 5.32 Å². The molecule has 0 fully saturated rings.